The molecular formula is C28H35N5O6. The number of aliphatic imine (C=N–C) groups is 1. The quantitative estimate of drug-likeness (QED) is 0.332. The number of hydrogen-bond donors (Lipinski definition) is 4. The Hall–Kier alpha value is -3.22. The van der Waals surface area contributed by atoms with E-state index in [4.69, 9.17) is 19.7 Å². The van der Waals surface area contributed by atoms with Gasteiger partial charge in [0.2, 0.25) is 0 Å². The van der Waals surface area contributed by atoms with E-state index in [0.717, 1.165) is 36.1 Å². The molecule has 2 fully saturated rings. The van der Waals surface area contributed by atoms with Gasteiger partial charge in [-0.05, 0) is 48.4 Å². The maximum absolute atomic E-state index is 11.2. The van der Waals surface area contributed by atoms with Crippen LogP contribution in [-0.4, -0.2) is 82.7 Å². The highest BCUT2D eigenvalue weighted by Crippen LogP contribution is 2.36. The zero-order valence-corrected chi connectivity index (χ0v) is 21.8. The molecule has 0 amide bonds. The van der Waals surface area contributed by atoms with Crippen LogP contribution >= 0.6 is 0 Å². The summed E-state index contributed by atoms with van der Waals surface area (Å²) in [5.74, 6) is -1.89. The van der Waals surface area contributed by atoms with Crippen molar-refractivity contribution < 1.29 is 29.4 Å². The van der Waals surface area contributed by atoms with Crippen LogP contribution in [0.2, 0.25) is 0 Å². The molecule has 11 nitrogen and oxygen atoms in total. The number of benzene rings is 1. The summed E-state index contributed by atoms with van der Waals surface area (Å²) in [7, 11) is 0. The average Bonchev–Trinajstić information content (AvgIpc) is 3.40. The van der Waals surface area contributed by atoms with Crippen molar-refractivity contribution in [1.29, 1.82) is 0 Å². The van der Waals surface area contributed by atoms with Gasteiger partial charge in [0, 0.05) is 50.2 Å². The van der Waals surface area contributed by atoms with Crippen LogP contribution in [0.25, 0.3) is 0 Å². The molecule has 3 atom stereocenters. The molecule has 208 valence electrons. The standard InChI is InChI=1S/C28H35N5O6/c34-25(35)17-33-11-7-28(8-12-33,38-18-26(36)37)14-22-13-24(32-39-22)21-3-1-19(2-4-21)15-31-27-23-16-29-9-5-20(23)6-10-30-27/h1-5,9,15-16,22,24,27,30,32H,6-8,10-14,17-18H2,(H,34,35)(H,36,37). The third-order valence-corrected chi connectivity index (χ3v) is 7.79. The maximum Gasteiger partial charge on any atom is 0.329 e. The Labute approximate surface area is 227 Å². The van der Waals surface area contributed by atoms with Gasteiger partial charge in [0.15, 0.2) is 0 Å². The van der Waals surface area contributed by atoms with Crippen LogP contribution in [0.4, 0.5) is 0 Å². The van der Waals surface area contributed by atoms with Crippen molar-refractivity contribution in [3.8, 4) is 0 Å². The molecule has 1 aromatic heterocycles. The first-order valence-corrected chi connectivity index (χ1v) is 13.4. The Morgan fingerprint density at radius 3 is 2.72 bits per heavy atom. The number of hydrogen-bond acceptors (Lipinski definition) is 9. The summed E-state index contributed by atoms with van der Waals surface area (Å²) in [4.78, 5) is 39.1. The van der Waals surface area contributed by atoms with Crippen LogP contribution in [0.5, 0.6) is 0 Å². The lowest BCUT2D eigenvalue weighted by Gasteiger charge is -2.42. The van der Waals surface area contributed by atoms with Gasteiger partial charge in [-0.2, -0.15) is 5.48 Å². The molecule has 0 bridgehead atoms. The molecule has 2 saturated heterocycles. The Kier molecular flexibility index (Phi) is 8.63. The lowest BCUT2D eigenvalue weighted by Crippen LogP contribution is -2.49. The summed E-state index contributed by atoms with van der Waals surface area (Å²) in [5, 5.41) is 21.7. The number of nitrogens with one attached hydrogen (secondary N) is 2. The number of fused-ring (bicyclic) bond motifs is 1. The third kappa shape index (κ3) is 7.06. The van der Waals surface area contributed by atoms with Crippen molar-refractivity contribution in [2.75, 3.05) is 32.8 Å². The number of nitrogens with zero attached hydrogens (tertiary/aromatic N) is 3. The lowest BCUT2D eigenvalue weighted by molar-refractivity contribution is -0.159. The largest absolute Gasteiger partial charge is 0.480 e. The molecule has 4 N–H and O–H groups in total. The molecule has 39 heavy (non-hydrogen) atoms. The molecule has 4 heterocycles. The second kappa shape index (κ2) is 12.3. The smallest absolute Gasteiger partial charge is 0.329 e. The summed E-state index contributed by atoms with van der Waals surface area (Å²) in [6.45, 7) is 1.55. The van der Waals surface area contributed by atoms with Crippen LogP contribution in [0.1, 0.15) is 60.1 Å². The van der Waals surface area contributed by atoms with Gasteiger partial charge in [-0.25, -0.2) is 4.79 Å². The molecule has 5 rings (SSSR count). The fraction of sp³-hybridized carbons (Fsp3) is 0.500. The second-order valence-electron chi connectivity index (χ2n) is 10.5. The Bertz CT molecular complexity index is 1180. The van der Waals surface area contributed by atoms with Crippen molar-refractivity contribution in [3.05, 3.63) is 65.0 Å². The summed E-state index contributed by atoms with van der Waals surface area (Å²) in [6.07, 6.45) is 8.69. The van der Waals surface area contributed by atoms with Crippen molar-refractivity contribution >= 4 is 18.2 Å². The highest BCUT2D eigenvalue weighted by molar-refractivity contribution is 5.79. The second-order valence-corrected chi connectivity index (χ2v) is 10.5. The van der Waals surface area contributed by atoms with Crippen molar-refractivity contribution in [2.24, 2.45) is 4.99 Å². The number of rotatable bonds is 10. The van der Waals surface area contributed by atoms with Crippen LogP contribution in [0.15, 0.2) is 47.7 Å². The van der Waals surface area contributed by atoms with Gasteiger partial charge in [-0.1, -0.05) is 24.3 Å². The predicted octanol–water partition coefficient (Wildman–Crippen LogP) is 2.09. The SMILES string of the molecule is O=C(O)COC1(CC2CC(c3ccc(C=NC4NCCc5ccncc54)cc3)NO2)CCN(CC(=O)O)CC1. The monoisotopic (exact) mass is 537 g/mol. The number of carboxylic acids is 2. The molecule has 2 aromatic rings. The first kappa shape index (κ1) is 27.4. The normalized spacial score (nSPS) is 25.0. The minimum atomic E-state index is -1.02. The van der Waals surface area contributed by atoms with Crippen molar-refractivity contribution in [1.82, 2.24) is 20.7 Å². The van der Waals surface area contributed by atoms with Gasteiger partial charge in [0.1, 0.15) is 12.8 Å². The minimum Gasteiger partial charge on any atom is -0.480 e. The van der Waals surface area contributed by atoms with Gasteiger partial charge in [-0.15, -0.1) is 0 Å². The van der Waals surface area contributed by atoms with E-state index in [9.17, 15) is 14.7 Å². The molecule has 0 saturated carbocycles. The zero-order valence-electron chi connectivity index (χ0n) is 21.8. The highest BCUT2D eigenvalue weighted by Gasteiger charge is 2.41. The number of aromatic nitrogens is 1. The maximum atomic E-state index is 11.2. The number of ether oxygens (including phenoxy) is 1. The van der Waals surface area contributed by atoms with Gasteiger partial charge in [-0.3, -0.25) is 29.8 Å². The van der Waals surface area contributed by atoms with E-state index in [-0.39, 0.29) is 31.5 Å². The van der Waals surface area contributed by atoms with Crippen LogP contribution in [0, 0.1) is 0 Å². The van der Waals surface area contributed by atoms with Crippen molar-refractivity contribution in [2.45, 2.75) is 56.0 Å². The minimum absolute atomic E-state index is 0.00238. The van der Waals surface area contributed by atoms with Gasteiger partial charge >= 0.3 is 11.9 Å². The fourth-order valence-corrected chi connectivity index (χ4v) is 5.68. The highest BCUT2D eigenvalue weighted by atomic mass is 16.7. The Morgan fingerprint density at radius 2 is 1.97 bits per heavy atom. The van der Waals surface area contributed by atoms with E-state index in [1.54, 1.807) is 0 Å². The van der Waals surface area contributed by atoms with E-state index < -0.39 is 17.5 Å². The van der Waals surface area contributed by atoms with Crippen LogP contribution in [-0.2, 0) is 25.6 Å². The van der Waals surface area contributed by atoms with Gasteiger partial charge in [0.05, 0.1) is 24.3 Å². The van der Waals surface area contributed by atoms with E-state index in [0.29, 0.717) is 32.4 Å². The van der Waals surface area contributed by atoms with E-state index >= 15 is 0 Å². The summed E-state index contributed by atoms with van der Waals surface area (Å²) < 4.78 is 5.90. The predicted molar refractivity (Wildman–Crippen MR) is 142 cm³/mol. The summed E-state index contributed by atoms with van der Waals surface area (Å²) >= 11 is 0. The number of carbonyl (C=O) groups is 2. The van der Waals surface area contributed by atoms with Gasteiger partial charge < -0.3 is 14.9 Å². The molecule has 0 spiro atoms. The zero-order chi connectivity index (χ0) is 27.2. The molecule has 3 unspecified atom stereocenters. The number of hydroxylamine groups is 1. The number of carboxylic acid groups (broad SMARTS) is 2. The van der Waals surface area contributed by atoms with E-state index in [1.165, 1.54) is 5.56 Å². The summed E-state index contributed by atoms with van der Waals surface area (Å²) in [5.41, 5.74) is 6.97. The molecule has 0 aliphatic carbocycles. The molecular weight excluding hydrogens is 502 g/mol. The Balaban J connectivity index is 1.17. The number of piperidine rings is 1. The van der Waals surface area contributed by atoms with E-state index in [2.05, 4.69) is 34.0 Å². The molecule has 0 radical (unpaired) electrons. The lowest BCUT2D eigenvalue weighted by atomic mass is 9.84. The number of pyridine rings is 1. The van der Waals surface area contributed by atoms with Crippen molar-refractivity contribution in [3.63, 3.8) is 0 Å². The molecule has 1 aromatic carbocycles. The molecule has 3 aliphatic rings. The first-order valence-electron chi connectivity index (χ1n) is 13.4. The molecule has 3 aliphatic heterocycles. The third-order valence-electron chi connectivity index (χ3n) is 7.79. The first-order chi connectivity index (χ1) is 18.9. The topological polar surface area (TPSA) is 146 Å². The Morgan fingerprint density at radius 1 is 1.18 bits per heavy atom. The van der Waals surface area contributed by atoms with Gasteiger partial charge in [0.25, 0.3) is 0 Å². The number of likely N-dealkylation sites (tertiary alicyclic amines) is 1. The van der Waals surface area contributed by atoms with E-state index in [1.807, 2.05) is 35.6 Å². The average molecular weight is 538 g/mol. The van der Waals surface area contributed by atoms with Crippen LogP contribution in [0.3, 0.4) is 0 Å². The summed E-state index contributed by atoms with van der Waals surface area (Å²) in [6, 6.07) is 10.3. The number of aliphatic carboxylic acids is 2. The molecule has 11 heteroatoms. The van der Waals surface area contributed by atoms with Crippen LogP contribution < -0.4 is 10.8 Å². The fourth-order valence-electron chi connectivity index (χ4n) is 5.68.